The first-order valence-electron chi connectivity index (χ1n) is 6.55. The minimum atomic E-state index is -0.366. The molecule has 0 saturated heterocycles. The van der Waals surface area contributed by atoms with Gasteiger partial charge >= 0.3 is 0 Å². The Hall–Kier alpha value is -1.58. The molecule has 0 bridgehead atoms. The highest BCUT2D eigenvalue weighted by Gasteiger charge is 2.03. The third kappa shape index (κ3) is 4.22. The largest absolute Gasteiger partial charge is 0.487 e. The van der Waals surface area contributed by atoms with Crippen molar-refractivity contribution in [1.82, 2.24) is 5.32 Å². The number of hydrogen-bond donors (Lipinski definition) is 1. The van der Waals surface area contributed by atoms with Gasteiger partial charge < -0.3 is 10.1 Å². The fourth-order valence-corrected chi connectivity index (χ4v) is 2.00. The van der Waals surface area contributed by atoms with Crippen molar-refractivity contribution in [2.45, 2.75) is 20.1 Å². The number of halogens is 2. The third-order valence-corrected chi connectivity index (χ3v) is 3.19. The molecule has 2 aromatic carbocycles. The molecule has 0 unspecified atom stereocenters. The van der Waals surface area contributed by atoms with Gasteiger partial charge in [-0.05, 0) is 35.9 Å². The molecule has 1 N–H and O–H groups in total. The van der Waals surface area contributed by atoms with Gasteiger partial charge in [0, 0.05) is 6.54 Å². The van der Waals surface area contributed by atoms with Crippen molar-refractivity contribution >= 4 is 11.6 Å². The molecule has 0 amide bonds. The second-order valence-corrected chi connectivity index (χ2v) is 4.87. The maximum atomic E-state index is 12.9. The topological polar surface area (TPSA) is 21.3 Å². The van der Waals surface area contributed by atoms with Crippen LogP contribution in [0.4, 0.5) is 4.39 Å². The minimum Gasteiger partial charge on any atom is -0.487 e. The van der Waals surface area contributed by atoms with Crippen LogP contribution >= 0.6 is 11.6 Å². The molecular weight excluding hydrogens is 277 g/mol. The maximum absolute atomic E-state index is 12.9. The van der Waals surface area contributed by atoms with E-state index in [4.69, 9.17) is 16.3 Å². The summed E-state index contributed by atoms with van der Waals surface area (Å²) in [4.78, 5) is 0. The quantitative estimate of drug-likeness (QED) is 0.863. The molecule has 20 heavy (non-hydrogen) atoms. The van der Waals surface area contributed by atoms with Gasteiger partial charge in [-0.2, -0.15) is 0 Å². The second kappa shape index (κ2) is 7.27. The lowest BCUT2D eigenvalue weighted by Crippen LogP contribution is -2.11. The van der Waals surface area contributed by atoms with E-state index in [0.717, 1.165) is 18.7 Å². The lowest BCUT2D eigenvalue weighted by molar-refractivity contribution is 0.306. The summed E-state index contributed by atoms with van der Waals surface area (Å²) in [6, 6.07) is 12.3. The molecule has 0 spiro atoms. The van der Waals surface area contributed by atoms with E-state index >= 15 is 0 Å². The predicted molar refractivity (Wildman–Crippen MR) is 79.6 cm³/mol. The van der Waals surface area contributed by atoms with Gasteiger partial charge in [0.05, 0.1) is 5.02 Å². The number of benzene rings is 2. The van der Waals surface area contributed by atoms with E-state index in [1.54, 1.807) is 0 Å². The highest BCUT2D eigenvalue weighted by atomic mass is 35.5. The van der Waals surface area contributed by atoms with Crippen LogP contribution in [-0.4, -0.2) is 6.54 Å². The number of ether oxygens (including phenoxy) is 1. The lowest BCUT2D eigenvalue weighted by Gasteiger charge is -2.09. The van der Waals surface area contributed by atoms with E-state index in [9.17, 15) is 4.39 Å². The second-order valence-electron chi connectivity index (χ2n) is 4.46. The standard InChI is InChI=1S/C16H17ClFNO/c1-2-19-10-12-3-5-13(6-4-12)11-20-16-8-7-14(18)9-15(16)17/h3-9,19H,2,10-11H2,1H3. The summed E-state index contributed by atoms with van der Waals surface area (Å²) in [6.45, 7) is 4.30. The van der Waals surface area contributed by atoms with Crippen LogP contribution in [0.5, 0.6) is 5.75 Å². The van der Waals surface area contributed by atoms with Gasteiger partial charge in [0.1, 0.15) is 18.2 Å². The fraction of sp³-hybridized carbons (Fsp3) is 0.250. The van der Waals surface area contributed by atoms with Gasteiger partial charge in [-0.1, -0.05) is 42.8 Å². The SMILES string of the molecule is CCNCc1ccc(COc2ccc(F)cc2Cl)cc1. The fourth-order valence-electron chi connectivity index (χ4n) is 1.78. The van der Waals surface area contributed by atoms with Gasteiger partial charge in [0.15, 0.2) is 0 Å². The summed E-state index contributed by atoms with van der Waals surface area (Å²) in [5.41, 5.74) is 2.28. The van der Waals surface area contributed by atoms with Gasteiger partial charge in [-0.15, -0.1) is 0 Å². The normalized spacial score (nSPS) is 10.6. The summed E-state index contributed by atoms with van der Waals surface area (Å²) in [5, 5.41) is 3.56. The van der Waals surface area contributed by atoms with Crippen molar-refractivity contribution in [2.75, 3.05) is 6.54 Å². The predicted octanol–water partition coefficient (Wildman–Crippen LogP) is 4.17. The van der Waals surface area contributed by atoms with Crippen LogP contribution in [0.1, 0.15) is 18.1 Å². The molecule has 0 aliphatic carbocycles. The van der Waals surface area contributed by atoms with Crippen molar-refractivity contribution in [3.8, 4) is 5.75 Å². The van der Waals surface area contributed by atoms with Gasteiger partial charge in [-0.25, -0.2) is 4.39 Å². The molecule has 2 nitrogen and oxygen atoms in total. The molecule has 0 aliphatic rings. The van der Waals surface area contributed by atoms with Crippen LogP contribution in [0.3, 0.4) is 0 Å². The van der Waals surface area contributed by atoms with Crippen LogP contribution in [-0.2, 0) is 13.2 Å². The Kier molecular flexibility index (Phi) is 5.39. The highest BCUT2D eigenvalue weighted by molar-refractivity contribution is 6.32. The molecule has 0 heterocycles. The molecule has 0 aromatic heterocycles. The summed E-state index contributed by atoms with van der Waals surface area (Å²) < 4.78 is 18.5. The van der Waals surface area contributed by atoms with E-state index in [-0.39, 0.29) is 10.8 Å². The number of hydrogen-bond acceptors (Lipinski definition) is 2. The number of nitrogens with one attached hydrogen (secondary N) is 1. The summed E-state index contributed by atoms with van der Waals surface area (Å²) in [7, 11) is 0. The first-order valence-corrected chi connectivity index (χ1v) is 6.93. The molecule has 0 atom stereocenters. The van der Waals surface area contributed by atoms with E-state index < -0.39 is 0 Å². The molecule has 0 aliphatic heterocycles. The molecule has 2 rings (SSSR count). The Bertz CT molecular complexity index is 557. The van der Waals surface area contributed by atoms with Crippen LogP contribution in [0, 0.1) is 5.82 Å². The van der Waals surface area contributed by atoms with Crippen LogP contribution in [0.25, 0.3) is 0 Å². The lowest BCUT2D eigenvalue weighted by atomic mass is 10.1. The number of rotatable bonds is 6. The Balaban J connectivity index is 1.93. The average molecular weight is 294 g/mol. The molecule has 0 fully saturated rings. The monoisotopic (exact) mass is 293 g/mol. The van der Waals surface area contributed by atoms with Gasteiger partial charge in [-0.3, -0.25) is 0 Å². The highest BCUT2D eigenvalue weighted by Crippen LogP contribution is 2.25. The van der Waals surface area contributed by atoms with E-state index in [0.29, 0.717) is 12.4 Å². The van der Waals surface area contributed by atoms with E-state index in [1.807, 2.05) is 12.1 Å². The first kappa shape index (κ1) is 14.8. The van der Waals surface area contributed by atoms with E-state index in [2.05, 4.69) is 24.4 Å². The summed E-state index contributed by atoms with van der Waals surface area (Å²) >= 11 is 5.90. The zero-order valence-corrected chi connectivity index (χ0v) is 12.1. The molecular formula is C16H17ClFNO. The molecule has 106 valence electrons. The average Bonchev–Trinajstić information content (AvgIpc) is 2.45. The maximum Gasteiger partial charge on any atom is 0.138 e. The van der Waals surface area contributed by atoms with Crippen molar-refractivity contribution in [2.24, 2.45) is 0 Å². The summed E-state index contributed by atoms with van der Waals surface area (Å²) in [6.07, 6.45) is 0. The van der Waals surface area contributed by atoms with Crippen molar-refractivity contribution in [3.63, 3.8) is 0 Å². The Morgan fingerprint density at radius 2 is 1.80 bits per heavy atom. The van der Waals surface area contributed by atoms with Crippen LogP contribution in [0.15, 0.2) is 42.5 Å². The zero-order valence-electron chi connectivity index (χ0n) is 11.3. The van der Waals surface area contributed by atoms with Gasteiger partial charge in [0.2, 0.25) is 0 Å². The smallest absolute Gasteiger partial charge is 0.138 e. The molecule has 0 saturated carbocycles. The Labute approximate surface area is 123 Å². The Morgan fingerprint density at radius 1 is 1.10 bits per heavy atom. The van der Waals surface area contributed by atoms with Crippen molar-refractivity contribution in [3.05, 3.63) is 64.4 Å². The molecule has 0 radical (unpaired) electrons. The first-order chi connectivity index (χ1) is 9.69. The van der Waals surface area contributed by atoms with Crippen LogP contribution < -0.4 is 10.1 Å². The van der Waals surface area contributed by atoms with Crippen molar-refractivity contribution in [1.29, 1.82) is 0 Å². The van der Waals surface area contributed by atoms with E-state index in [1.165, 1.54) is 23.8 Å². The van der Waals surface area contributed by atoms with Crippen molar-refractivity contribution < 1.29 is 9.13 Å². The Morgan fingerprint density at radius 3 is 2.45 bits per heavy atom. The van der Waals surface area contributed by atoms with Gasteiger partial charge in [0.25, 0.3) is 0 Å². The molecule has 2 aromatic rings. The zero-order chi connectivity index (χ0) is 14.4. The minimum absolute atomic E-state index is 0.286. The third-order valence-electron chi connectivity index (χ3n) is 2.89. The summed E-state index contributed by atoms with van der Waals surface area (Å²) in [5.74, 6) is 0.125. The van der Waals surface area contributed by atoms with Crippen LogP contribution in [0.2, 0.25) is 5.02 Å². The molecule has 4 heteroatoms.